The van der Waals surface area contributed by atoms with Crippen LogP contribution in [0.15, 0.2) is 48.5 Å². The third-order valence-electron chi connectivity index (χ3n) is 4.19. The third kappa shape index (κ3) is 3.24. The van der Waals surface area contributed by atoms with E-state index in [1.165, 1.54) is 0 Å². The number of hydrogen-bond acceptors (Lipinski definition) is 4. The second-order valence-electron chi connectivity index (χ2n) is 6.12. The second-order valence-corrected chi connectivity index (χ2v) is 6.12. The highest BCUT2D eigenvalue weighted by Gasteiger charge is 2.21. The Morgan fingerprint density at radius 3 is 2.96 bits per heavy atom. The lowest BCUT2D eigenvalue weighted by atomic mass is 10.0. The monoisotopic (exact) mass is 334 g/mol. The molecule has 0 unspecified atom stereocenters. The predicted molar refractivity (Wildman–Crippen MR) is 93.5 cm³/mol. The zero-order valence-corrected chi connectivity index (χ0v) is 13.8. The van der Waals surface area contributed by atoms with Crippen LogP contribution in [-0.2, 0) is 6.42 Å². The number of carbonyl (C=O) groups is 1. The number of carbonyl (C=O) groups excluding carboxylic acids is 1. The Labute approximate surface area is 145 Å². The van der Waals surface area contributed by atoms with Crippen LogP contribution < -0.4 is 10.1 Å². The Hall–Kier alpha value is -3.15. The Bertz CT molecular complexity index is 919. The van der Waals surface area contributed by atoms with Gasteiger partial charge in [-0.1, -0.05) is 30.3 Å². The van der Waals surface area contributed by atoms with Crippen LogP contribution in [0.4, 0.5) is 0 Å². The molecule has 6 heteroatoms. The molecule has 1 aliphatic heterocycles. The lowest BCUT2D eigenvalue weighted by Crippen LogP contribution is -2.42. The molecular weight excluding hydrogens is 316 g/mol. The fraction of sp³-hybridized carbons (Fsp3) is 0.211. The summed E-state index contributed by atoms with van der Waals surface area (Å²) in [5.41, 5.74) is 2.50. The van der Waals surface area contributed by atoms with Crippen molar-refractivity contribution >= 4 is 5.91 Å². The largest absolute Gasteiger partial charge is 0.491 e. The van der Waals surface area contributed by atoms with E-state index in [4.69, 9.17) is 4.74 Å². The molecule has 6 nitrogen and oxygen atoms in total. The fourth-order valence-corrected chi connectivity index (χ4v) is 2.96. The van der Waals surface area contributed by atoms with Crippen LogP contribution in [0.25, 0.3) is 11.4 Å². The van der Waals surface area contributed by atoms with Crippen molar-refractivity contribution < 1.29 is 9.53 Å². The topological polar surface area (TPSA) is 79.9 Å². The molecule has 0 fully saturated rings. The highest BCUT2D eigenvalue weighted by molar-refractivity contribution is 5.95. The number of para-hydroxylation sites is 1. The van der Waals surface area contributed by atoms with Crippen molar-refractivity contribution in [1.82, 2.24) is 20.5 Å². The summed E-state index contributed by atoms with van der Waals surface area (Å²) in [4.78, 5) is 16.9. The lowest BCUT2D eigenvalue weighted by molar-refractivity contribution is 0.0915. The van der Waals surface area contributed by atoms with E-state index in [1.54, 1.807) is 12.1 Å². The Morgan fingerprint density at radius 2 is 2.12 bits per heavy atom. The Balaban J connectivity index is 1.49. The first-order valence-electron chi connectivity index (χ1n) is 8.20. The zero-order valence-electron chi connectivity index (χ0n) is 13.8. The molecule has 0 radical (unpaired) electrons. The first-order chi connectivity index (χ1) is 12.2. The summed E-state index contributed by atoms with van der Waals surface area (Å²) in [7, 11) is 0. The van der Waals surface area contributed by atoms with E-state index in [1.807, 2.05) is 43.3 Å². The standard InChI is InChI=1S/C19H18N4O2/c1-12-20-18(23-22-12)14-6-4-7-15(9-14)19(24)21-16-10-13-5-2-3-8-17(13)25-11-16/h2-9,16H,10-11H2,1H3,(H,21,24)(H,20,22,23)/t16-/m1/s1. The van der Waals surface area contributed by atoms with Gasteiger partial charge in [-0.15, -0.1) is 0 Å². The second kappa shape index (κ2) is 6.39. The Morgan fingerprint density at radius 1 is 1.24 bits per heavy atom. The maximum Gasteiger partial charge on any atom is 0.251 e. The van der Waals surface area contributed by atoms with Crippen molar-refractivity contribution in [2.45, 2.75) is 19.4 Å². The summed E-state index contributed by atoms with van der Waals surface area (Å²) in [6, 6.07) is 15.2. The molecule has 2 N–H and O–H groups in total. The average Bonchev–Trinajstić information content (AvgIpc) is 3.08. The zero-order chi connectivity index (χ0) is 17.2. The number of ether oxygens (including phenoxy) is 1. The fourth-order valence-electron chi connectivity index (χ4n) is 2.96. The van der Waals surface area contributed by atoms with Crippen molar-refractivity contribution in [3.05, 3.63) is 65.5 Å². The number of aromatic nitrogens is 3. The number of H-pyrrole nitrogens is 1. The van der Waals surface area contributed by atoms with Crippen LogP contribution in [0.1, 0.15) is 21.7 Å². The number of nitrogens with zero attached hydrogens (tertiary/aromatic N) is 2. The van der Waals surface area contributed by atoms with E-state index in [2.05, 4.69) is 20.5 Å². The molecule has 0 saturated heterocycles. The highest BCUT2D eigenvalue weighted by atomic mass is 16.5. The van der Waals surface area contributed by atoms with Gasteiger partial charge in [-0.3, -0.25) is 9.89 Å². The van der Waals surface area contributed by atoms with Crippen LogP contribution in [0.3, 0.4) is 0 Å². The van der Waals surface area contributed by atoms with Crippen molar-refractivity contribution in [1.29, 1.82) is 0 Å². The first kappa shape index (κ1) is 15.4. The van der Waals surface area contributed by atoms with Gasteiger partial charge < -0.3 is 10.1 Å². The van der Waals surface area contributed by atoms with Crippen LogP contribution in [0, 0.1) is 6.92 Å². The SMILES string of the molecule is Cc1nc(-c2cccc(C(=O)N[C@H]3COc4ccccc4C3)c2)n[nH]1. The van der Waals surface area contributed by atoms with E-state index in [0.717, 1.165) is 29.1 Å². The maximum absolute atomic E-state index is 12.6. The minimum Gasteiger partial charge on any atom is -0.491 e. The van der Waals surface area contributed by atoms with Gasteiger partial charge in [0.2, 0.25) is 0 Å². The van der Waals surface area contributed by atoms with Crippen molar-refractivity contribution in [3.63, 3.8) is 0 Å². The third-order valence-corrected chi connectivity index (χ3v) is 4.19. The van der Waals surface area contributed by atoms with Gasteiger partial charge in [-0.25, -0.2) is 4.98 Å². The molecule has 2 aromatic carbocycles. The van der Waals surface area contributed by atoms with Crippen molar-refractivity contribution in [2.24, 2.45) is 0 Å². The lowest BCUT2D eigenvalue weighted by Gasteiger charge is -2.26. The predicted octanol–water partition coefficient (Wildman–Crippen LogP) is 2.51. The molecule has 0 bridgehead atoms. The first-order valence-corrected chi connectivity index (χ1v) is 8.20. The summed E-state index contributed by atoms with van der Waals surface area (Å²) in [5, 5.41) is 10.00. The summed E-state index contributed by atoms with van der Waals surface area (Å²) in [5.74, 6) is 2.10. The van der Waals surface area contributed by atoms with Crippen molar-refractivity contribution in [2.75, 3.05) is 6.61 Å². The van der Waals surface area contributed by atoms with Crippen molar-refractivity contribution in [3.8, 4) is 17.1 Å². The number of amides is 1. The van der Waals surface area contributed by atoms with Crippen LogP contribution in [0.2, 0.25) is 0 Å². The van der Waals surface area contributed by atoms with Gasteiger partial charge in [0, 0.05) is 11.1 Å². The van der Waals surface area contributed by atoms with Gasteiger partial charge in [-0.05, 0) is 37.1 Å². The Kier molecular flexibility index (Phi) is 3.93. The number of aryl methyl sites for hydroxylation is 1. The molecule has 3 aromatic rings. The average molecular weight is 334 g/mol. The molecular formula is C19H18N4O2. The van der Waals surface area contributed by atoms with E-state index in [9.17, 15) is 4.79 Å². The molecule has 4 rings (SSSR count). The number of fused-ring (bicyclic) bond motifs is 1. The molecule has 126 valence electrons. The van der Waals surface area contributed by atoms with E-state index in [0.29, 0.717) is 18.0 Å². The minimum atomic E-state index is -0.123. The number of benzene rings is 2. The van der Waals surface area contributed by atoms with Crippen LogP contribution in [0.5, 0.6) is 5.75 Å². The molecule has 1 aromatic heterocycles. The van der Waals surface area contributed by atoms with Gasteiger partial charge in [0.25, 0.3) is 5.91 Å². The van der Waals surface area contributed by atoms with E-state index < -0.39 is 0 Å². The van der Waals surface area contributed by atoms with Gasteiger partial charge >= 0.3 is 0 Å². The van der Waals surface area contributed by atoms with Gasteiger partial charge in [0.1, 0.15) is 18.2 Å². The number of hydrogen-bond donors (Lipinski definition) is 2. The summed E-state index contributed by atoms with van der Waals surface area (Å²) in [6.07, 6.45) is 0.766. The highest BCUT2D eigenvalue weighted by Crippen LogP contribution is 2.24. The molecule has 0 spiro atoms. The molecule has 1 atom stereocenters. The van der Waals surface area contributed by atoms with Gasteiger partial charge in [-0.2, -0.15) is 5.10 Å². The minimum absolute atomic E-state index is 0.0446. The number of rotatable bonds is 3. The van der Waals surface area contributed by atoms with Gasteiger partial charge in [0.05, 0.1) is 6.04 Å². The number of nitrogens with one attached hydrogen (secondary N) is 2. The molecule has 0 aliphatic carbocycles. The molecule has 1 amide bonds. The summed E-state index contributed by atoms with van der Waals surface area (Å²) >= 11 is 0. The normalized spacial score (nSPS) is 16.0. The maximum atomic E-state index is 12.6. The quantitative estimate of drug-likeness (QED) is 0.771. The van der Waals surface area contributed by atoms with Crippen LogP contribution in [-0.4, -0.2) is 33.7 Å². The molecule has 1 aliphatic rings. The molecule has 0 saturated carbocycles. The molecule has 2 heterocycles. The summed E-state index contributed by atoms with van der Waals surface area (Å²) < 4.78 is 5.73. The number of aromatic amines is 1. The van der Waals surface area contributed by atoms with Gasteiger partial charge in [0.15, 0.2) is 5.82 Å². The van der Waals surface area contributed by atoms with E-state index in [-0.39, 0.29) is 11.9 Å². The smallest absolute Gasteiger partial charge is 0.251 e. The van der Waals surface area contributed by atoms with E-state index >= 15 is 0 Å². The molecule has 25 heavy (non-hydrogen) atoms. The van der Waals surface area contributed by atoms with Crippen LogP contribution >= 0.6 is 0 Å². The summed E-state index contributed by atoms with van der Waals surface area (Å²) in [6.45, 7) is 2.32.